The van der Waals surface area contributed by atoms with Crippen LogP contribution in [0.15, 0.2) is 36.8 Å². The second-order valence-electron chi connectivity index (χ2n) is 7.21. The average Bonchev–Trinajstić information content (AvgIpc) is 3.54. The molecule has 10 heteroatoms. The molecule has 3 N–H and O–H groups in total. The Hall–Kier alpha value is -3.95. The second kappa shape index (κ2) is 8.42. The van der Waals surface area contributed by atoms with Gasteiger partial charge in [0.05, 0.1) is 29.6 Å². The first-order valence-electron chi connectivity index (χ1n) is 9.83. The summed E-state index contributed by atoms with van der Waals surface area (Å²) >= 11 is 0. The van der Waals surface area contributed by atoms with E-state index < -0.39 is 0 Å². The number of aryl methyl sites for hydroxylation is 1. The number of amides is 2. The van der Waals surface area contributed by atoms with E-state index in [1.165, 1.54) is 6.20 Å². The van der Waals surface area contributed by atoms with Crippen LogP contribution >= 0.6 is 0 Å². The van der Waals surface area contributed by atoms with Crippen LogP contribution in [0.4, 0.5) is 17.2 Å². The Kier molecular flexibility index (Phi) is 5.52. The molecular formula is C21H23N7O3. The molecule has 0 spiro atoms. The normalized spacial score (nSPS) is 12.9. The smallest absolute Gasteiger partial charge is 0.254 e. The van der Waals surface area contributed by atoms with Crippen molar-refractivity contribution in [2.45, 2.75) is 12.8 Å². The van der Waals surface area contributed by atoms with Crippen molar-refractivity contribution in [1.82, 2.24) is 25.1 Å². The van der Waals surface area contributed by atoms with Gasteiger partial charge in [0.15, 0.2) is 11.6 Å². The van der Waals surface area contributed by atoms with E-state index in [-0.39, 0.29) is 17.7 Å². The standard InChI is InChI=1S/C21H23N7O3/c1-22-21(30)14-10-23-17(26-20(29)12-7-8-12)9-16(14)25-15-6-4-5-13(18(15)31-3)19-24-11-28(2)27-19/h4-6,9-12H,7-8H2,1-3H3,(H,22,30)(H2,23,25,26,29). The average molecular weight is 421 g/mol. The number of benzene rings is 1. The van der Waals surface area contributed by atoms with Gasteiger partial charge in [-0.05, 0) is 25.0 Å². The van der Waals surface area contributed by atoms with E-state index in [2.05, 4.69) is 31.0 Å². The van der Waals surface area contributed by atoms with Gasteiger partial charge in [-0.2, -0.15) is 5.10 Å². The van der Waals surface area contributed by atoms with E-state index in [0.29, 0.717) is 39.9 Å². The number of para-hydroxylation sites is 1. The Balaban J connectivity index is 1.71. The molecule has 31 heavy (non-hydrogen) atoms. The number of nitrogens with one attached hydrogen (secondary N) is 3. The highest BCUT2D eigenvalue weighted by Gasteiger charge is 2.30. The number of aromatic nitrogens is 4. The lowest BCUT2D eigenvalue weighted by atomic mass is 10.1. The molecule has 1 fully saturated rings. The first-order chi connectivity index (χ1) is 15.0. The number of anilines is 3. The van der Waals surface area contributed by atoms with Crippen LogP contribution in [0.3, 0.4) is 0 Å². The summed E-state index contributed by atoms with van der Waals surface area (Å²) in [4.78, 5) is 33.0. The zero-order valence-electron chi connectivity index (χ0n) is 17.5. The fourth-order valence-electron chi connectivity index (χ4n) is 3.16. The summed E-state index contributed by atoms with van der Waals surface area (Å²) in [5.41, 5.74) is 2.12. The third-order valence-corrected chi connectivity index (χ3v) is 4.90. The monoisotopic (exact) mass is 421 g/mol. The Labute approximate surface area is 179 Å². The van der Waals surface area contributed by atoms with Gasteiger partial charge in [0.2, 0.25) is 5.91 Å². The Morgan fingerprint density at radius 2 is 2.00 bits per heavy atom. The lowest BCUT2D eigenvalue weighted by Gasteiger charge is -2.16. The van der Waals surface area contributed by atoms with Crippen molar-refractivity contribution in [3.8, 4) is 17.1 Å². The maximum Gasteiger partial charge on any atom is 0.254 e. The van der Waals surface area contributed by atoms with Gasteiger partial charge in [-0.1, -0.05) is 6.07 Å². The van der Waals surface area contributed by atoms with Crippen LogP contribution in [-0.2, 0) is 11.8 Å². The minimum Gasteiger partial charge on any atom is -0.494 e. The molecule has 2 heterocycles. The van der Waals surface area contributed by atoms with E-state index in [1.54, 1.807) is 38.3 Å². The van der Waals surface area contributed by atoms with Crippen molar-refractivity contribution in [1.29, 1.82) is 0 Å². The van der Waals surface area contributed by atoms with E-state index in [1.807, 2.05) is 18.2 Å². The van der Waals surface area contributed by atoms with Crippen LogP contribution in [0.5, 0.6) is 5.75 Å². The van der Waals surface area contributed by atoms with Crippen LogP contribution in [-0.4, -0.2) is 45.7 Å². The van der Waals surface area contributed by atoms with E-state index >= 15 is 0 Å². The second-order valence-corrected chi connectivity index (χ2v) is 7.21. The number of hydrogen-bond donors (Lipinski definition) is 3. The molecule has 2 aromatic heterocycles. The summed E-state index contributed by atoms with van der Waals surface area (Å²) in [6.45, 7) is 0. The highest BCUT2D eigenvalue weighted by Crippen LogP contribution is 2.37. The summed E-state index contributed by atoms with van der Waals surface area (Å²) in [7, 11) is 4.89. The summed E-state index contributed by atoms with van der Waals surface area (Å²) in [5.74, 6) is 1.08. The molecule has 4 rings (SSSR count). The highest BCUT2D eigenvalue weighted by atomic mass is 16.5. The van der Waals surface area contributed by atoms with Gasteiger partial charge in [0, 0.05) is 32.3 Å². The molecule has 0 unspecified atom stereocenters. The van der Waals surface area contributed by atoms with Gasteiger partial charge in [-0.3, -0.25) is 14.3 Å². The topological polar surface area (TPSA) is 123 Å². The number of carbonyl (C=O) groups is 2. The van der Waals surface area contributed by atoms with Crippen molar-refractivity contribution in [3.63, 3.8) is 0 Å². The largest absolute Gasteiger partial charge is 0.494 e. The number of ether oxygens (including phenoxy) is 1. The van der Waals surface area contributed by atoms with Crippen molar-refractivity contribution in [2.24, 2.45) is 13.0 Å². The molecule has 0 saturated heterocycles. The van der Waals surface area contributed by atoms with Crippen LogP contribution in [0.25, 0.3) is 11.4 Å². The van der Waals surface area contributed by atoms with Gasteiger partial charge < -0.3 is 20.7 Å². The zero-order chi connectivity index (χ0) is 22.0. The number of methoxy groups -OCH3 is 1. The fourth-order valence-corrected chi connectivity index (χ4v) is 3.16. The summed E-state index contributed by atoms with van der Waals surface area (Å²) in [6.07, 6.45) is 4.81. The predicted molar refractivity (Wildman–Crippen MR) is 115 cm³/mol. The molecule has 2 amide bonds. The van der Waals surface area contributed by atoms with E-state index in [4.69, 9.17) is 4.74 Å². The van der Waals surface area contributed by atoms with E-state index in [9.17, 15) is 9.59 Å². The van der Waals surface area contributed by atoms with Gasteiger partial charge >= 0.3 is 0 Å². The van der Waals surface area contributed by atoms with Crippen LogP contribution in [0.1, 0.15) is 23.2 Å². The molecule has 0 atom stereocenters. The predicted octanol–water partition coefficient (Wildman–Crippen LogP) is 2.34. The van der Waals surface area contributed by atoms with Gasteiger partial charge in [-0.15, -0.1) is 0 Å². The Morgan fingerprint density at radius 3 is 2.65 bits per heavy atom. The van der Waals surface area contributed by atoms with Gasteiger partial charge in [-0.25, -0.2) is 9.97 Å². The molecule has 0 aliphatic heterocycles. The van der Waals surface area contributed by atoms with Crippen molar-refractivity contribution in [2.75, 3.05) is 24.8 Å². The third-order valence-electron chi connectivity index (χ3n) is 4.90. The first-order valence-corrected chi connectivity index (χ1v) is 9.83. The summed E-state index contributed by atoms with van der Waals surface area (Å²) in [5, 5.41) is 13.0. The Bertz CT molecular complexity index is 1140. The fraction of sp³-hybridized carbons (Fsp3) is 0.286. The zero-order valence-corrected chi connectivity index (χ0v) is 17.5. The molecule has 3 aromatic rings. The maximum atomic E-state index is 12.4. The molecule has 1 aromatic carbocycles. The molecule has 10 nitrogen and oxygen atoms in total. The minimum absolute atomic E-state index is 0.0412. The van der Waals surface area contributed by atoms with Crippen LogP contribution in [0, 0.1) is 5.92 Å². The van der Waals surface area contributed by atoms with Crippen molar-refractivity contribution in [3.05, 3.63) is 42.4 Å². The molecule has 0 bridgehead atoms. The number of pyridine rings is 1. The quantitative estimate of drug-likeness (QED) is 0.535. The lowest BCUT2D eigenvalue weighted by Crippen LogP contribution is -2.20. The summed E-state index contributed by atoms with van der Waals surface area (Å²) < 4.78 is 7.24. The molecular weight excluding hydrogens is 398 g/mol. The molecule has 0 radical (unpaired) electrons. The Morgan fingerprint density at radius 1 is 1.19 bits per heavy atom. The van der Waals surface area contributed by atoms with E-state index in [0.717, 1.165) is 12.8 Å². The SMILES string of the molecule is CNC(=O)c1cnc(NC(=O)C2CC2)cc1Nc1cccc(-c2ncn(C)n2)c1OC. The number of carbonyl (C=O) groups excluding carboxylic acids is 2. The number of hydrogen-bond acceptors (Lipinski definition) is 7. The summed E-state index contributed by atoms with van der Waals surface area (Å²) in [6, 6.07) is 7.15. The van der Waals surface area contributed by atoms with Gasteiger partial charge in [0.1, 0.15) is 12.1 Å². The van der Waals surface area contributed by atoms with Crippen LogP contribution < -0.4 is 20.7 Å². The van der Waals surface area contributed by atoms with Crippen molar-refractivity contribution < 1.29 is 14.3 Å². The molecule has 1 aliphatic carbocycles. The van der Waals surface area contributed by atoms with Crippen LogP contribution in [0.2, 0.25) is 0 Å². The molecule has 160 valence electrons. The first kappa shape index (κ1) is 20.3. The minimum atomic E-state index is -0.309. The molecule has 1 aliphatic rings. The number of rotatable bonds is 7. The molecule has 1 saturated carbocycles. The van der Waals surface area contributed by atoms with Crippen molar-refractivity contribution >= 4 is 29.0 Å². The number of nitrogens with zero attached hydrogens (tertiary/aromatic N) is 4. The van der Waals surface area contributed by atoms with Gasteiger partial charge in [0.25, 0.3) is 5.91 Å². The third kappa shape index (κ3) is 4.32. The lowest BCUT2D eigenvalue weighted by molar-refractivity contribution is -0.117. The maximum absolute atomic E-state index is 12.4. The highest BCUT2D eigenvalue weighted by molar-refractivity contribution is 6.01.